The Balaban J connectivity index is 0.00000106. The van der Waals surface area contributed by atoms with Crippen molar-refractivity contribution in [3.63, 3.8) is 0 Å². The lowest BCUT2D eigenvalue weighted by molar-refractivity contribution is 0.900. The quantitative estimate of drug-likeness (QED) is 0.523. The summed E-state index contributed by atoms with van der Waals surface area (Å²) in [4.78, 5) is 4.63. The van der Waals surface area contributed by atoms with E-state index in [1.807, 2.05) is 55.9 Å². The van der Waals surface area contributed by atoms with Gasteiger partial charge in [-0.2, -0.15) is 0 Å². The fourth-order valence-electron chi connectivity index (χ4n) is 1.11. The molecule has 0 aliphatic heterocycles. The summed E-state index contributed by atoms with van der Waals surface area (Å²) in [5.41, 5.74) is 1.05. The minimum atomic E-state index is 0.514. The second-order valence-corrected chi connectivity index (χ2v) is 4.66. The molecule has 1 aromatic carbocycles. The van der Waals surface area contributed by atoms with Crippen LogP contribution in [-0.2, 0) is 0 Å². The summed E-state index contributed by atoms with van der Waals surface area (Å²) in [5, 5.41) is 1.22. The zero-order valence-corrected chi connectivity index (χ0v) is 11.8. The predicted octanol–water partition coefficient (Wildman–Crippen LogP) is 5.15. The highest BCUT2D eigenvalue weighted by molar-refractivity contribution is 8.13. The van der Waals surface area contributed by atoms with E-state index in [4.69, 9.17) is 0 Å². The molecular weight excluding hydrogens is 214 g/mol. The number of aliphatic imine (C=N–C) groups is 1. The van der Waals surface area contributed by atoms with Gasteiger partial charge in [0.05, 0.1) is 10.7 Å². The molecule has 16 heavy (non-hydrogen) atoms. The molecule has 1 nitrogen and oxygen atoms in total. The zero-order valence-electron chi connectivity index (χ0n) is 11.0. The maximum absolute atomic E-state index is 4.63. The molecule has 0 aliphatic rings. The molecule has 1 aromatic rings. The van der Waals surface area contributed by atoms with E-state index in [0.717, 1.165) is 11.4 Å². The predicted molar refractivity (Wildman–Crippen MR) is 77.9 cm³/mol. The van der Waals surface area contributed by atoms with Crippen LogP contribution in [0.4, 0.5) is 5.69 Å². The first-order valence-electron chi connectivity index (χ1n) is 6.00. The highest BCUT2D eigenvalue weighted by atomic mass is 32.2. The molecule has 90 valence electrons. The molecule has 0 amide bonds. The van der Waals surface area contributed by atoms with Crippen LogP contribution in [0.15, 0.2) is 35.3 Å². The average Bonchev–Trinajstić information content (AvgIpc) is 2.32. The molecule has 0 fully saturated rings. The van der Waals surface area contributed by atoms with Gasteiger partial charge in [-0.05, 0) is 17.9 Å². The molecule has 0 N–H and O–H groups in total. The van der Waals surface area contributed by atoms with Gasteiger partial charge in [-0.15, -0.1) is 11.8 Å². The highest BCUT2D eigenvalue weighted by Crippen LogP contribution is 2.19. The van der Waals surface area contributed by atoms with Crippen molar-refractivity contribution in [2.75, 3.05) is 5.75 Å². The normalized spacial score (nSPS) is 11.0. The van der Waals surface area contributed by atoms with Gasteiger partial charge in [0.25, 0.3) is 0 Å². The number of rotatable bonds is 3. The first-order chi connectivity index (χ1) is 7.74. The van der Waals surface area contributed by atoms with Gasteiger partial charge in [0.2, 0.25) is 0 Å². The van der Waals surface area contributed by atoms with Crippen molar-refractivity contribution < 1.29 is 0 Å². The summed E-state index contributed by atoms with van der Waals surface area (Å²) in [5.74, 6) is 1.60. The van der Waals surface area contributed by atoms with E-state index in [1.165, 1.54) is 5.04 Å². The standard InChI is InChI=1S/C12H17NS.C2H6/c1-4-14-12(10(2)3)13-11-8-6-5-7-9-11;1-2/h5-10H,4H2,1-3H3;1-2H3. The van der Waals surface area contributed by atoms with Gasteiger partial charge in [0.15, 0.2) is 0 Å². The minimum absolute atomic E-state index is 0.514. The molecule has 1 rings (SSSR count). The lowest BCUT2D eigenvalue weighted by atomic mass is 10.2. The largest absolute Gasteiger partial charge is 0.246 e. The van der Waals surface area contributed by atoms with E-state index >= 15 is 0 Å². The molecule has 0 saturated heterocycles. The number of benzene rings is 1. The molecule has 0 unspecified atom stereocenters. The van der Waals surface area contributed by atoms with Gasteiger partial charge in [-0.25, -0.2) is 4.99 Å². The first kappa shape index (κ1) is 15.2. The molecule has 0 atom stereocenters. The molecule has 0 spiro atoms. The van der Waals surface area contributed by atoms with Gasteiger partial charge in [-0.3, -0.25) is 0 Å². The third kappa shape index (κ3) is 5.96. The van der Waals surface area contributed by atoms with Crippen LogP contribution in [0.5, 0.6) is 0 Å². The molecule has 2 heteroatoms. The Labute approximate surface area is 104 Å². The molecule has 0 saturated carbocycles. The van der Waals surface area contributed by atoms with Crippen LogP contribution in [0.25, 0.3) is 0 Å². The van der Waals surface area contributed by atoms with Crippen molar-refractivity contribution in [1.82, 2.24) is 0 Å². The Hall–Kier alpha value is -0.760. The van der Waals surface area contributed by atoms with Crippen molar-refractivity contribution >= 4 is 22.5 Å². The van der Waals surface area contributed by atoms with Crippen molar-refractivity contribution in [3.8, 4) is 0 Å². The molecule has 0 aromatic heterocycles. The Bertz CT molecular complexity index is 291. The van der Waals surface area contributed by atoms with Gasteiger partial charge >= 0.3 is 0 Å². The van der Waals surface area contributed by atoms with Crippen LogP contribution < -0.4 is 0 Å². The number of hydrogen-bond donors (Lipinski definition) is 0. The molecule has 0 aliphatic carbocycles. The lowest BCUT2D eigenvalue weighted by Crippen LogP contribution is -2.02. The van der Waals surface area contributed by atoms with E-state index in [9.17, 15) is 0 Å². The fourth-order valence-corrected chi connectivity index (χ4v) is 1.90. The average molecular weight is 237 g/mol. The van der Waals surface area contributed by atoms with E-state index in [0.29, 0.717) is 5.92 Å². The number of nitrogens with zero attached hydrogens (tertiary/aromatic N) is 1. The van der Waals surface area contributed by atoms with Crippen LogP contribution in [0.1, 0.15) is 34.6 Å². The fraction of sp³-hybridized carbons (Fsp3) is 0.500. The molecular formula is C14H23NS. The smallest absolute Gasteiger partial charge is 0.0763 e. The van der Waals surface area contributed by atoms with Gasteiger partial charge < -0.3 is 0 Å². The monoisotopic (exact) mass is 237 g/mol. The van der Waals surface area contributed by atoms with Gasteiger partial charge in [0.1, 0.15) is 0 Å². The molecule has 0 radical (unpaired) electrons. The van der Waals surface area contributed by atoms with E-state index < -0.39 is 0 Å². The Morgan fingerprint density at radius 1 is 1.19 bits per heavy atom. The van der Waals surface area contributed by atoms with Crippen LogP contribution in [-0.4, -0.2) is 10.8 Å². The Kier molecular flexibility index (Phi) is 9.02. The second-order valence-electron chi connectivity index (χ2n) is 3.37. The number of para-hydroxylation sites is 1. The van der Waals surface area contributed by atoms with E-state index in [1.54, 1.807) is 0 Å². The van der Waals surface area contributed by atoms with Gasteiger partial charge in [-0.1, -0.05) is 52.8 Å². The summed E-state index contributed by atoms with van der Waals surface area (Å²) in [6.07, 6.45) is 0. The molecule has 0 heterocycles. The summed E-state index contributed by atoms with van der Waals surface area (Å²) in [7, 11) is 0. The summed E-state index contributed by atoms with van der Waals surface area (Å²) in [6.45, 7) is 10.5. The summed E-state index contributed by atoms with van der Waals surface area (Å²) in [6, 6.07) is 10.1. The Morgan fingerprint density at radius 3 is 2.19 bits per heavy atom. The summed E-state index contributed by atoms with van der Waals surface area (Å²) >= 11 is 1.83. The third-order valence-corrected chi connectivity index (χ3v) is 2.93. The van der Waals surface area contributed by atoms with Crippen molar-refractivity contribution in [1.29, 1.82) is 0 Å². The molecule has 0 bridgehead atoms. The highest BCUT2D eigenvalue weighted by Gasteiger charge is 2.04. The van der Waals surface area contributed by atoms with E-state index in [2.05, 4.69) is 25.8 Å². The SMILES string of the molecule is CC.CCSC(=Nc1ccccc1)C(C)C. The maximum atomic E-state index is 4.63. The number of hydrogen-bond acceptors (Lipinski definition) is 2. The maximum Gasteiger partial charge on any atom is 0.0763 e. The lowest BCUT2D eigenvalue weighted by Gasteiger charge is -2.07. The second kappa shape index (κ2) is 9.46. The van der Waals surface area contributed by atoms with Gasteiger partial charge in [0, 0.05) is 5.92 Å². The van der Waals surface area contributed by atoms with Crippen LogP contribution in [0, 0.1) is 5.92 Å². The van der Waals surface area contributed by atoms with Crippen LogP contribution in [0.3, 0.4) is 0 Å². The Morgan fingerprint density at radius 2 is 1.75 bits per heavy atom. The van der Waals surface area contributed by atoms with Crippen LogP contribution in [0.2, 0.25) is 0 Å². The van der Waals surface area contributed by atoms with Crippen molar-refractivity contribution in [2.45, 2.75) is 34.6 Å². The topological polar surface area (TPSA) is 12.4 Å². The van der Waals surface area contributed by atoms with Crippen molar-refractivity contribution in [3.05, 3.63) is 30.3 Å². The van der Waals surface area contributed by atoms with E-state index in [-0.39, 0.29) is 0 Å². The van der Waals surface area contributed by atoms with Crippen molar-refractivity contribution in [2.24, 2.45) is 10.9 Å². The number of thioether (sulfide) groups is 1. The summed E-state index contributed by atoms with van der Waals surface area (Å²) < 4.78 is 0. The minimum Gasteiger partial charge on any atom is -0.246 e. The first-order valence-corrected chi connectivity index (χ1v) is 6.99. The third-order valence-electron chi connectivity index (χ3n) is 1.78. The zero-order chi connectivity index (χ0) is 12.4. The van der Waals surface area contributed by atoms with Crippen LogP contribution >= 0.6 is 11.8 Å².